The summed E-state index contributed by atoms with van der Waals surface area (Å²) in [6, 6.07) is 11.6. The van der Waals surface area contributed by atoms with Crippen LogP contribution in [0.2, 0.25) is 0 Å². The molecule has 0 saturated heterocycles. The molecule has 1 heterocycles. The highest BCUT2D eigenvalue weighted by atomic mass is 16.2. The maximum Gasteiger partial charge on any atom is 0.272 e. The molecule has 2 aromatic rings. The molecule has 0 aliphatic rings. The van der Waals surface area contributed by atoms with Crippen LogP contribution in [0.4, 0.5) is 5.82 Å². The van der Waals surface area contributed by atoms with Gasteiger partial charge in [-0.25, -0.2) is 9.97 Å². The number of nitrogens with zero attached hydrogens (tertiary/aromatic N) is 4. The fourth-order valence-electron chi connectivity index (χ4n) is 2.64. The number of carbonyl (C=O) groups excluding carboxylic acids is 1. The summed E-state index contributed by atoms with van der Waals surface area (Å²) in [6.45, 7) is 11.1. The monoisotopic (exact) mass is 326 g/mol. The van der Waals surface area contributed by atoms with Gasteiger partial charge in [-0.1, -0.05) is 30.3 Å². The van der Waals surface area contributed by atoms with E-state index in [-0.39, 0.29) is 5.91 Å². The molecule has 1 aromatic carbocycles. The molecule has 128 valence electrons. The standard InChI is InChI=1S/C19H26N4O/c1-5-22(6-2)17-14-16(19(24)23(7-3)8-4)20-18(21-17)15-12-10-9-11-13-15/h9-14H,5-8H2,1-4H3. The molecule has 2 rings (SSSR count). The highest BCUT2D eigenvalue weighted by Gasteiger charge is 2.18. The Labute approximate surface area is 144 Å². The Balaban J connectivity index is 2.54. The maximum absolute atomic E-state index is 12.8. The molecule has 0 unspecified atom stereocenters. The average Bonchev–Trinajstić information content (AvgIpc) is 2.64. The van der Waals surface area contributed by atoms with E-state index in [4.69, 9.17) is 0 Å². The SMILES string of the molecule is CCN(CC)C(=O)c1cc(N(CC)CC)nc(-c2ccccc2)n1. The highest BCUT2D eigenvalue weighted by Crippen LogP contribution is 2.21. The normalized spacial score (nSPS) is 10.5. The van der Waals surface area contributed by atoms with Crippen molar-refractivity contribution >= 4 is 11.7 Å². The van der Waals surface area contributed by atoms with Gasteiger partial charge in [0.2, 0.25) is 0 Å². The zero-order valence-corrected chi connectivity index (χ0v) is 15.0. The van der Waals surface area contributed by atoms with Crippen molar-refractivity contribution in [1.82, 2.24) is 14.9 Å². The third kappa shape index (κ3) is 3.91. The lowest BCUT2D eigenvalue weighted by atomic mass is 10.2. The average molecular weight is 326 g/mol. The lowest BCUT2D eigenvalue weighted by Gasteiger charge is -2.22. The van der Waals surface area contributed by atoms with Crippen molar-refractivity contribution in [2.75, 3.05) is 31.1 Å². The van der Waals surface area contributed by atoms with Crippen LogP contribution in [0.1, 0.15) is 38.2 Å². The first-order valence-corrected chi connectivity index (χ1v) is 8.63. The Morgan fingerprint density at radius 3 is 2.08 bits per heavy atom. The van der Waals surface area contributed by atoms with Crippen LogP contribution in [-0.2, 0) is 0 Å². The van der Waals surface area contributed by atoms with Gasteiger partial charge in [0, 0.05) is 37.8 Å². The molecule has 24 heavy (non-hydrogen) atoms. The summed E-state index contributed by atoms with van der Waals surface area (Å²) in [5, 5.41) is 0. The quantitative estimate of drug-likeness (QED) is 0.782. The first-order chi connectivity index (χ1) is 11.6. The molecule has 1 aromatic heterocycles. The van der Waals surface area contributed by atoms with Gasteiger partial charge in [-0.2, -0.15) is 0 Å². The van der Waals surface area contributed by atoms with Crippen molar-refractivity contribution in [3.8, 4) is 11.4 Å². The van der Waals surface area contributed by atoms with Crippen LogP contribution in [-0.4, -0.2) is 47.0 Å². The van der Waals surface area contributed by atoms with Gasteiger partial charge >= 0.3 is 0 Å². The van der Waals surface area contributed by atoms with E-state index >= 15 is 0 Å². The van der Waals surface area contributed by atoms with E-state index in [0.29, 0.717) is 24.6 Å². The molecule has 0 N–H and O–H groups in total. The van der Waals surface area contributed by atoms with E-state index < -0.39 is 0 Å². The molecule has 5 heteroatoms. The number of amides is 1. The predicted octanol–water partition coefficient (Wildman–Crippen LogP) is 3.47. The summed E-state index contributed by atoms with van der Waals surface area (Å²) in [6.07, 6.45) is 0. The molecule has 0 spiro atoms. The van der Waals surface area contributed by atoms with Crippen molar-refractivity contribution in [1.29, 1.82) is 0 Å². The minimum atomic E-state index is -0.0482. The van der Waals surface area contributed by atoms with E-state index in [1.54, 1.807) is 11.0 Å². The van der Waals surface area contributed by atoms with Crippen LogP contribution in [0, 0.1) is 0 Å². The van der Waals surface area contributed by atoms with Crippen LogP contribution < -0.4 is 4.90 Å². The van der Waals surface area contributed by atoms with Gasteiger partial charge in [0.15, 0.2) is 5.82 Å². The van der Waals surface area contributed by atoms with Gasteiger partial charge in [-0.3, -0.25) is 4.79 Å². The number of rotatable bonds is 7. The van der Waals surface area contributed by atoms with Crippen molar-refractivity contribution in [3.63, 3.8) is 0 Å². The van der Waals surface area contributed by atoms with E-state index in [0.717, 1.165) is 24.5 Å². The Hall–Kier alpha value is -2.43. The van der Waals surface area contributed by atoms with Crippen LogP contribution in [0.5, 0.6) is 0 Å². The van der Waals surface area contributed by atoms with Crippen molar-refractivity contribution < 1.29 is 4.79 Å². The van der Waals surface area contributed by atoms with Crippen molar-refractivity contribution in [2.24, 2.45) is 0 Å². The number of aromatic nitrogens is 2. The lowest BCUT2D eigenvalue weighted by Crippen LogP contribution is -2.32. The van der Waals surface area contributed by atoms with Crippen LogP contribution in [0.3, 0.4) is 0 Å². The fourth-order valence-corrected chi connectivity index (χ4v) is 2.64. The number of carbonyl (C=O) groups is 1. The van der Waals surface area contributed by atoms with Gasteiger partial charge in [0.05, 0.1) is 0 Å². The van der Waals surface area contributed by atoms with E-state index in [1.807, 2.05) is 44.2 Å². The van der Waals surface area contributed by atoms with Gasteiger partial charge in [0.25, 0.3) is 5.91 Å². The molecule has 0 fully saturated rings. The molecule has 0 bridgehead atoms. The van der Waals surface area contributed by atoms with Gasteiger partial charge in [0.1, 0.15) is 11.5 Å². The Morgan fingerprint density at radius 1 is 0.917 bits per heavy atom. The smallest absolute Gasteiger partial charge is 0.272 e. The Morgan fingerprint density at radius 2 is 1.54 bits per heavy atom. The zero-order chi connectivity index (χ0) is 17.5. The van der Waals surface area contributed by atoms with Gasteiger partial charge in [-0.05, 0) is 27.7 Å². The minimum absolute atomic E-state index is 0.0482. The minimum Gasteiger partial charge on any atom is -0.357 e. The number of anilines is 1. The second-order valence-electron chi connectivity index (χ2n) is 5.45. The van der Waals surface area contributed by atoms with Gasteiger partial charge < -0.3 is 9.80 Å². The van der Waals surface area contributed by atoms with Crippen LogP contribution >= 0.6 is 0 Å². The molecule has 0 aliphatic heterocycles. The molecule has 1 amide bonds. The van der Waals surface area contributed by atoms with Gasteiger partial charge in [-0.15, -0.1) is 0 Å². The molecule has 0 aliphatic carbocycles. The summed E-state index contributed by atoms with van der Waals surface area (Å²) >= 11 is 0. The third-order valence-corrected chi connectivity index (χ3v) is 4.10. The fraction of sp³-hybridized carbons (Fsp3) is 0.421. The number of benzene rings is 1. The summed E-state index contributed by atoms with van der Waals surface area (Å²) in [4.78, 5) is 25.9. The zero-order valence-electron chi connectivity index (χ0n) is 15.0. The first kappa shape index (κ1) is 17.9. The third-order valence-electron chi connectivity index (χ3n) is 4.10. The van der Waals surface area contributed by atoms with E-state index in [2.05, 4.69) is 28.7 Å². The topological polar surface area (TPSA) is 49.3 Å². The van der Waals surface area contributed by atoms with E-state index in [1.165, 1.54) is 0 Å². The first-order valence-electron chi connectivity index (χ1n) is 8.63. The summed E-state index contributed by atoms with van der Waals surface area (Å²) < 4.78 is 0. The summed E-state index contributed by atoms with van der Waals surface area (Å²) in [5.74, 6) is 1.34. The predicted molar refractivity (Wildman–Crippen MR) is 98.3 cm³/mol. The molecule has 0 radical (unpaired) electrons. The number of hydrogen-bond acceptors (Lipinski definition) is 4. The molecular weight excluding hydrogens is 300 g/mol. The highest BCUT2D eigenvalue weighted by molar-refractivity contribution is 5.93. The lowest BCUT2D eigenvalue weighted by molar-refractivity contribution is 0.0767. The Bertz CT molecular complexity index is 664. The van der Waals surface area contributed by atoms with E-state index in [9.17, 15) is 4.79 Å². The maximum atomic E-state index is 12.8. The van der Waals surface area contributed by atoms with Crippen molar-refractivity contribution in [2.45, 2.75) is 27.7 Å². The number of hydrogen-bond donors (Lipinski definition) is 0. The van der Waals surface area contributed by atoms with Crippen LogP contribution in [0.25, 0.3) is 11.4 Å². The molecule has 5 nitrogen and oxygen atoms in total. The molecule has 0 saturated carbocycles. The van der Waals surface area contributed by atoms with Crippen LogP contribution in [0.15, 0.2) is 36.4 Å². The summed E-state index contributed by atoms with van der Waals surface area (Å²) in [7, 11) is 0. The molecular formula is C19H26N4O. The largest absolute Gasteiger partial charge is 0.357 e. The second-order valence-corrected chi connectivity index (χ2v) is 5.45. The Kier molecular flexibility index (Phi) is 6.29. The summed E-state index contributed by atoms with van der Waals surface area (Å²) in [5.41, 5.74) is 1.37. The molecule has 0 atom stereocenters. The van der Waals surface area contributed by atoms with Crippen molar-refractivity contribution in [3.05, 3.63) is 42.1 Å². The second kappa shape index (κ2) is 8.43.